The fourth-order valence-electron chi connectivity index (χ4n) is 1.97. The maximum absolute atomic E-state index is 5.99. The number of aromatic nitrogens is 1. The number of rotatable bonds is 2. The molecule has 1 aliphatic rings. The number of benzene rings is 1. The molecule has 4 heteroatoms. The number of hydrogen-bond donors (Lipinski definition) is 2. The smallest absolute Gasteiger partial charge is 0.145 e. The van der Waals surface area contributed by atoms with Crippen molar-refractivity contribution >= 4 is 22.5 Å². The highest BCUT2D eigenvalue weighted by Crippen LogP contribution is 2.31. The second-order valence-corrected chi connectivity index (χ2v) is 4.93. The zero-order valence-electron chi connectivity index (χ0n) is 9.01. The van der Waals surface area contributed by atoms with Crippen LogP contribution in [0.2, 0.25) is 5.02 Å². The van der Waals surface area contributed by atoms with Gasteiger partial charge in [-0.2, -0.15) is 0 Å². The van der Waals surface area contributed by atoms with Crippen LogP contribution in [-0.2, 0) is 0 Å². The fourth-order valence-corrected chi connectivity index (χ4v) is 2.14. The molecule has 0 atom stereocenters. The Morgan fingerprint density at radius 1 is 1.38 bits per heavy atom. The summed E-state index contributed by atoms with van der Waals surface area (Å²) in [5.74, 6) is 0.899. The Bertz CT molecular complexity index is 531. The van der Waals surface area contributed by atoms with Crippen LogP contribution in [0.25, 0.3) is 10.9 Å². The van der Waals surface area contributed by atoms with Crippen LogP contribution in [0.15, 0.2) is 24.4 Å². The van der Waals surface area contributed by atoms with Crippen molar-refractivity contribution in [1.82, 2.24) is 10.3 Å². The molecule has 0 amide bonds. The van der Waals surface area contributed by atoms with Crippen molar-refractivity contribution in [3.8, 4) is 5.75 Å². The summed E-state index contributed by atoms with van der Waals surface area (Å²) in [7, 11) is 0. The van der Waals surface area contributed by atoms with Crippen LogP contribution >= 0.6 is 11.6 Å². The third kappa shape index (κ3) is 1.56. The maximum atomic E-state index is 5.99. The standard InChI is InChI=1S/C12H13ClN2O/c1-12(6-14-7-12)16-11-5-15-10-4-8(13)2-3-9(10)11/h2-5,14-15H,6-7H2,1H3. The van der Waals surface area contributed by atoms with Gasteiger partial charge in [0, 0.05) is 29.7 Å². The number of ether oxygens (including phenoxy) is 1. The Balaban J connectivity index is 1.98. The van der Waals surface area contributed by atoms with E-state index in [-0.39, 0.29) is 5.60 Å². The minimum absolute atomic E-state index is 0.0746. The molecule has 2 heterocycles. The third-order valence-corrected chi connectivity index (χ3v) is 3.20. The van der Waals surface area contributed by atoms with Crippen molar-refractivity contribution in [2.24, 2.45) is 0 Å². The summed E-state index contributed by atoms with van der Waals surface area (Å²) in [6.07, 6.45) is 1.89. The first-order chi connectivity index (χ1) is 7.66. The minimum atomic E-state index is -0.0746. The molecule has 1 saturated heterocycles. The van der Waals surface area contributed by atoms with Gasteiger partial charge in [-0.3, -0.25) is 0 Å². The van der Waals surface area contributed by atoms with Gasteiger partial charge < -0.3 is 15.0 Å². The highest BCUT2D eigenvalue weighted by Gasteiger charge is 2.34. The van der Waals surface area contributed by atoms with Crippen LogP contribution in [0.4, 0.5) is 0 Å². The van der Waals surface area contributed by atoms with Crippen LogP contribution in [-0.4, -0.2) is 23.7 Å². The predicted octanol–water partition coefficient (Wildman–Crippen LogP) is 2.56. The zero-order chi connectivity index (χ0) is 11.2. The molecule has 0 unspecified atom stereocenters. The lowest BCUT2D eigenvalue weighted by Gasteiger charge is -2.39. The quantitative estimate of drug-likeness (QED) is 0.841. The number of aromatic amines is 1. The Labute approximate surface area is 98.7 Å². The van der Waals surface area contributed by atoms with Gasteiger partial charge in [0.2, 0.25) is 0 Å². The van der Waals surface area contributed by atoms with E-state index in [0.717, 1.165) is 34.8 Å². The Morgan fingerprint density at radius 2 is 2.19 bits per heavy atom. The van der Waals surface area contributed by atoms with E-state index in [1.165, 1.54) is 0 Å². The van der Waals surface area contributed by atoms with E-state index in [2.05, 4.69) is 17.2 Å². The van der Waals surface area contributed by atoms with Gasteiger partial charge in [-0.05, 0) is 25.1 Å². The molecule has 1 fully saturated rings. The van der Waals surface area contributed by atoms with E-state index in [9.17, 15) is 0 Å². The first-order valence-corrected chi connectivity index (χ1v) is 5.70. The number of hydrogen-bond acceptors (Lipinski definition) is 2. The van der Waals surface area contributed by atoms with Crippen LogP contribution in [0.1, 0.15) is 6.92 Å². The number of H-pyrrole nitrogens is 1. The monoisotopic (exact) mass is 236 g/mol. The molecule has 2 aromatic rings. The van der Waals surface area contributed by atoms with Crippen LogP contribution in [0, 0.1) is 0 Å². The first-order valence-electron chi connectivity index (χ1n) is 5.33. The molecule has 3 nitrogen and oxygen atoms in total. The normalized spacial score (nSPS) is 18.4. The molecule has 0 aliphatic carbocycles. The molecule has 1 aromatic heterocycles. The van der Waals surface area contributed by atoms with Crippen molar-refractivity contribution in [3.05, 3.63) is 29.4 Å². The van der Waals surface area contributed by atoms with Crippen LogP contribution in [0.3, 0.4) is 0 Å². The number of halogens is 1. The molecule has 0 radical (unpaired) electrons. The highest BCUT2D eigenvalue weighted by molar-refractivity contribution is 6.31. The lowest BCUT2D eigenvalue weighted by atomic mass is 10.00. The van der Waals surface area contributed by atoms with Crippen LogP contribution in [0.5, 0.6) is 5.75 Å². The molecule has 16 heavy (non-hydrogen) atoms. The van der Waals surface area contributed by atoms with Crippen molar-refractivity contribution < 1.29 is 4.74 Å². The lowest BCUT2D eigenvalue weighted by Crippen LogP contribution is -2.60. The molecule has 1 aromatic carbocycles. The van der Waals surface area contributed by atoms with Gasteiger partial charge in [0.15, 0.2) is 0 Å². The second-order valence-electron chi connectivity index (χ2n) is 4.50. The summed E-state index contributed by atoms with van der Waals surface area (Å²) >= 11 is 5.93. The summed E-state index contributed by atoms with van der Waals surface area (Å²) in [6, 6.07) is 5.77. The van der Waals surface area contributed by atoms with Gasteiger partial charge >= 0.3 is 0 Å². The molecule has 2 N–H and O–H groups in total. The van der Waals surface area contributed by atoms with Crippen molar-refractivity contribution in [2.45, 2.75) is 12.5 Å². The van der Waals surface area contributed by atoms with E-state index in [1.807, 2.05) is 24.4 Å². The highest BCUT2D eigenvalue weighted by atomic mass is 35.5. The van der Waals surface area contributed by atoms with E-state index in [0.29, 0.717) is 0 Å². The average molecular weight is 237 g/mol. The molecular weight excluding hydrogens is 224 g/mol. The Kier molecular flexibility index (Phi) is 2.13. The minimum Gasteiger partial charge on any atom is -0.483 e. The SMILES string of the molecule is CC1(Oc2c[nH]c3cc(Cl)ccc23)CNC1. The molecule has 0 spiro atoms. The largest absolute Gasteiger partial charge is 0.483 e. The Hall–Kier alpha value is -1.19. The average Bonchev–Trinajstić information content (AvgIpc) is 2.58. The van der Waals surface area contributed by atoms with Gasteiger partial charge in [0.1, 0.15) is 11.4 Å². The molecule has 84 valence electrons. The number of nitrogens with one attached hydrogen (secondary N) is 2. The van der Waals surface area contributed by atoms with E-state index in [1.54, 1.807) is 0 Å². The predicted molar refractivity (Wildman–Crippen MR) is 65.2 cm³/mol. The molecule has 3 rings (SSSR count). The van der Waals surface area contributed by atoms with Crippen LogP contribution < -0.4 is 10.1 Å². The van der Waals surface area contributed by atoms with Gasteiger partial charge in [-0.15, -0.1) is 0 Å². The zero-order valence-corrected chi connectivity index (χ0v) is 9.77. The summed E-state index contributed by atoms with van der Waals surface area (Å²) in [5.41, 5.74) is 0.938. The van der Waals surface area contributed by atoms with Crippen molar-refractivity contribution in [3.63, 3.8) is 0 Å². The number of fused-ring (bicyclic) bond motifs is 1. The van der Waals surface area contributed by atoms with Crippen molar-refractivity contribution in [1.29, 1.82) is 0 Å². The van der Waals surface area contributed by atoms with E-state index < -0.39 is 0 Å². The molecule has 0 bridgehead atoms. The second kappa shape index (κ2) is 3.40. The topological polar surface area (TPSA) is 37.0 Å². The van der Waals surface area contributed by atoms with Gasteiger partial charge in [0.05, 0.1) is 5.52 Å². The van der Waals surface area contributed by atoms with E-state index >= 15 is 0 Å². The molecular formula is C12H13ClN2O. The van der Waals surface area contributed by atoms with Crippen molar-refractivity contribution in [2.75, 3.05) is 13.1 Å². The molecule has 1 aliphatic heterocycles. The van der Waals surface area contributed by atoms with E-state index in [4.69, 9.17) is 16.3 Å². The van der Waals surface area contributed by atoms with Gasteiger partial charge in [-0.25, -0.2) is 0 Å². The van der Waals surface area contributed by atoms with Gasteiger partial charge in [0.25, 0.3) is 0 Å². The lowest BCUT2D eigenvalue weighted by molar-refractivity contribution is 0.0364. The molecule has 0 saturated carbocycles. The summed E-state index contributed by atoms with van der Waals surface area (Å²) in [4.78, 5) is 3.17. The maximum Gasteiger partial charge on any atom is 0.145 e. The third-order valence-electron chi connectivity index (χ3n) is 2.96. The fraction of sp³-hybridized carbons (Fsp3) is 0.333. The summed E-state index contributed by atoms with van der Waals surface area (Å²) in [6.45, 7) is 3.90. The summed E-state index contributed by atoms with van der Waals surface area (Å²) < 4.78 is 5.99. The summed E-state index contributed by atoms with van der Waals surface area (Å²) in [5, 5.41) is 5.03. The first kappa shape index (κ1) is 10.00. The Morgan fingerprint density at radius 3 is 2.88 bits per heavy atom. The van der Waals surface area contributed by atoms with Gasteiger partial charge in [-0.1, -0.05) is 11.6 Å².